The minimum atomic E-state index is -0.0680. The third-order valence-electron chi connectivity index (χ3n) is 3.75. The van der Waals surface area contributed by atoms with Crippen LogP contribution in [0.1, 0.15) is 16.8 Å². The number of fused-ring (bicyclic) bond motifs is 1. The number of aryl methyl sites for hydroxylation is 1. The highest BCUT2D eigenvalue weighted by atomic mass is 127. The Bertz CT molecular complexity index is 925. The summed E-state index contributed by atoms with van der Waals surface area (Å²) in [5.74, 6) is 0.640. The van der Waals surface area contributed by atoms with E-state index in [0.29, 0.717) is 24.3 Å². The molecule has 0 fully saturated rings. The van der Waals surface area contributed by atoms with E-state index >= 15 is 0 Å². The van der Waals surface area contributed by atoms with Gasteiger partial charge < -0.3 is 9.30 Å². The van der Waals surface area contributed by atoms with Gasteiger partial charge in [-0.2, -0.15) is 5.26 Å². The van der Waals surface area contributed by atoms with Crippen LogP contribution < -0.4 is 4.74 Å². The number of ketones is 1. The second-order valence-corrected chi connectivity index (χ2v) is 6.47. The van der Waals surface area contributed by atoms with Crippen LogP contribution in [0.15, 0.2) is 54.7 Å². The van der Waals surface area contributed by atoms with Gasteiger partial charge in [0.05, 0.1) is 16.1 Å². The van der Waals surface area contributed by atoms with Gasteiger partial charge in [0.1, 0.15) is 5.75 Å². The van der Waals surface area contributed by atoms with E-state index in [9.17, 15) is 4.79 Å². The molecule has 0 radical (unpaired) electrons. The number of benzene rings is 2. The van der Waals surface area contributed by atoms with Crippen molar-refractivity contribution in [1.82, 2.24) is 4.57 Å². The van der Waals surface area contributed by atoms with Crippen LogP contribution in [0, 0.1) is 14.9 Å². The van der Waals surface area contributed by atoms with Crippen LogP contribution in [0.2, 0.25) is 0 Å². The molecule has 2 aromatic carbocycles. The molecule has 1 aromatic heterocycles. The summed E-state index contributed by atoms with van der Waals surface area (Å²) in [5.41, 5.74) is 1.60. The molecule has 0 bridgehead atoms. The van der Waals surface area contributed by atoms with E-state index in [1.165, 1.54) is 0 Å². The van der Waals surface area contributed by atoms with E-state index in [2.05, 4.69) is 28.7 Å². The Kier molecular flexibility index (Phi) is 5.16. The number of ether oxygens (including phenoxy) is 1. The summed E-state index contributed by atoms with van der Waals surface area (Å²) >= 11 is 2.18. The molecule has 3 aromatic rings. The molecule has 0 spiro atoms. The number of halogens is 1. The van der Waals surface area contributed by atoms with Gasteiger partial charge in [-0.1, -0.05) is 30.3 Å². The Hall–Kier alpha value is -2.33. The smallest absolute Gasteiger partial charge is 0.202 e. The van der Waals surface area contributed by atoms with E-state index in [1.54, 1.807) is 0 Å². The summed E-state index contributed by atoms with van der Waals surface area (Å²) in [6.45, 7) is 0.563. The topological polar surface area (TPSA) is 55.0 Å². The molecule has 0 unspecified atom stereocenters. The zero-order chi connectivity index (χ0) is 16.9. The van der Waals surface area contributed by atoms with E-state index in [4.69, 9.17) is 10.00 Å². The van der Waals surface area contributed by atoms with Crippen molar-refractivity contribution in [3.8, 4) is 11.8 Å². The number of para-hydroxylation sites is 2. The van der Waals surface area contributed by atoms with Gasteiger partial charge in [-0.05, 0) is 40.8 Å². The lowest BCUT2D eigenvalue weighted by Crippen LogP contribution is -2.11. The molecule has 1 heterocycles. The molecular formula is C19H15IN2O2. The molecule has 5 heteroatoms. The lowest BCUT2D eigenvalue weighted by Gasteiger charge is -2.06. The number of hydrogen-bond donors (Lipinski definition) is 0. The van der Waals surface area contributed by atoms with Crippen LogP contribution in [-0.2, 0) is 6.54 Å². The van der Waals surface area contributed by atoms with Crippen molar-refractivity contribution in [2.75, 3.05) is 6.61 Å². The van der Waals surface area contributed by atoms with Gasteiger partial charge in [0.2, 0.25) is 5.78 Å². The summed E-state index contributed by atoms with van der Waals surface area (Å²) in [4.78, 5) is 12.6. The lowest BCUT2D eigenvalue weighted by atomic mass is 10.1. The molecule has 0 aliphatic rings. The maximum Gasteiger partial charge on any atom is 0.202 e. The molecule has 24 heavy (non-hydrogen) atoms. The average molecular weight is 430 g/mol. The third kappa shape index (κ3) is 3.44. The number of nitrogens with zero attached hydrogens (tertiary/aromatic N) is 2. The summed E-state index contributed by atoms with van der Waals surface area (Å²) < 4.78 is 8.60. The number of carbonyl (C=O) groups is 1. The van der Waals surface area contributed by atoms with Crippen LogP contribution in [0.3, 0.4) is 0 Å². The first-order valence-corrected chi connectivity index (χ1v) is 8.64. The van der Waals surface area contributed by atoms with Crippen LogP contribution >= 0.6 is 22.6 Å². The molecule has 4 nitrogen and oxygen atoms in total. The molecule has 0 amide bonds. The maximum absolute atomic E-state index is 12.6. The van der Waals surface area contributed by atoms with Crippen molar-refractivity contribution in [3.05, 3.63) is 63.9 Å². The number of carbonyl (C=O) groups excluding carboxylic acids is 1. The second-order valence-electron chi connectivity index (χ2n) is 5.30. The molecular weight excluding hydrogens is 415 g/mol. The van der Waals surface area contributed by atoms with Crippen molar-refractivity contribution < 1.29 is 9.53 Å². The van der Waals surface area contributed by atoms with Crippen LogP contribution in [0.25, 0.3) is 10.9 Å². The van der Waals surface area contributed by atoms with Crippen LogP contribution in [0.5, 0.6) is 5.75 Å². The first-order valence-electron chi connectivity index (χ1n) is 7.56. The maximum atomic E-state index is 12.6. The fourth-order valence-electron chi connectivity index (χ4n) is 2.61. The molecule has 0 saturated heterocycles. The van der Waals surface area contributed by atoms with Crippen LogP contribution in [-0.4, -0.2) is 17.0 Å². The van der Waals surface area contributed by atoms with Crippen molar-refractivity contribution in [3.63, 3.8) is 0 Å². The van der Waals surface area contributed by atoms with Crippen molar-refractivity contribution in [2.45, 2.75) is 13.0 Å². The monoisotopic (exact) mass is 430 g/mol. The van der Waals surface area contributed by atoms with Gasteiger partial charge in [-0.25, -0.2) is 0 Å². The number of Topliss-reactive ketones (excluding diaryl/α,β-unsaturated/α-hetero) is 1. The molecule has 0 saturated carbocycles. The number of hydrogen-bond acceptors (Lipinski definition) is 3. The zero-order valence-electron chi connectivity index (χ0n) is 12.9. The van der Waals surface area contributed by atoms with Gasteiger partial charge >= 0.3 is 0 Å². The predicted octanol–water partition coefficient (Wildman–Crippen LogP) is 4.42. The second kappa shape index (κ2) is 7.49. The first-order chi connectivity index (χ1) is 11.7. The molecule has 0 aliphatic carbocycles. The summed E-state index contributed by atoms with van der Waals surface area (Å²) in [6.07, 6.45) is 2.23. The van der Waals surface area contributed by atoms with E-state index in [0.717, 1.165) is 14.5 Å². The first kappa shape index (κ1) is 16.5. The van der Waals surface area contributed by atoms with E-state index < -0.39 is 0 Å². The van der Waals surface area contributed by atoms with Gasteiger partial charge in [-0.3, -0.25) is 4.79 Å². The standard InChI is InChI=1S/C19H15IN2O2/c20-16-7-2-4-9-19(16)24-13-18(23)15-12-22(11-5-10-21)17-8-3-1-6-14(15)17/h1-4,6-9,12H,5,11,13H2. The third-order valence-corrected chi connectivity index (χ3v) is 4.64. The minimum absolute atomic E-state index is 0.00767. The molecule has 3 rings (SSSR count). The fourth-order valence-corrected chi connectivity index (χ4v) is 3.15. The van der Waals surface area contributed by atoms with E-state index in [1.807, 2.05) is 59.3 Å². The van der Waals surface area contributed by atoms with Gasteiger partial charge in [-0.15, -0.1) is 0 Å². The van der Waals surface area contributed by atoms with Crippen LogP contribution in [0.4, 0.5) is 0 Å². The van der Waals surface area contributed by atoms with Crippen molar-refractivity contribution in [1.29, 1.82) is 5.26 Å². The Labute approximate surface area is 153 Å². The largest absolute Gasteiger partial charge is 0.484 e. The highest BCUT2D eigenvalue weighted by molar-refractivity contribution is 14.1. The predicted molar refractivity (Wildman–Crippen MR) is 101 cm³/mol. The van der Waals surface area contributed by atoms with Crippen molar-refractivity contribution in [2.24, 2.45) is 0 Å². The molecule has 0 atom stereocenters. The lowest BCUT2D eigenvalue weighted by molar-refractivity contribution is 0.0922. The Morgan fingerprint density at radius 2 is 1.92 bits per heavy atom. The highest BCUT2D eigenvalue weighted by Crippen LogP contribution is 2.24. The summed E-state index contributed by atoms with van der Waals surface area (Å²) in [6, 6.07) is 17.5. The van der Waals surface area contributed by atoms with E-state index in [-0.39, 0.29) is 12.4 Å². The average Bonchev–Trinajstić information content (AvgIpc) is 2.98. The Morgan fingerprint density at radius 1 is 1.17 bits per heavy atom. The minimum Gasteiger partial charge on any atom is -0.484 e. The molecule has 0 N–H and O–H groups in total. The van der Waals surface area contributed by atoms with Gasteiger partial charge in [0.25, 0.3) is 0 Å². The summed E-state index contributed by atoms with van der Waals surface area (Å²) in [7, 11) is 0. The Morgan fingerprint density at radius 3 is 2.71 bits per heavy atom. The van der Waals surface area contributed by atoms with Crippen molar-refractivity contribution >= 4 is 39.3 Å². The fraction of sp³-hybridized carbons (Fsp3) is 0.158. The number of aromatic nitrogens is 1. The SMILES string of the molecule is N#CCCn1cc(C(=O)COc2ccccc2I)c2ccccc21. The highest BCUT2D eigenvalue weighted by Gasteiger charge is 2.15. The zero-order valence-corrected chi connectivity index (χ0v) is 15.1. The Balaban J connectivity index is 1.84. The molecule has 0 aliphatic heterocycles. The normalized spacial score (nSPS) is 10.5. The molecule has 120 valence electrons. The number of nitriles is 1. The van der Waals surface area contributed by atoms with Gasteiger partial charge in [0, 0.05) is 29.2 Å². The van der Waals surface area contributed by atoms with Gasteiger partial charge in [0.15, 0.2) is 6.61 Å². The number of rotatable bonds is 6. The summed E-state index contributed by atoms with van der Waals surface area (Å²) in [5, 5.41) is 9.70. The quantitative estimate of drug-likeness (QED) is 0.430.